The molecule has 0 radical (unpaired) electrons. The van der Waals surface area contributed by atoms with Gasteiger partial charge in [-0.1, -0.05) is 0 Å². The lowest BCUT2D eigenvalue weighted by molar-refractivity contribution is -0.121. The van der Waals surface area contributed by atoms with Crippen molar-refractivity contribution in [3.05, 3.63) is 29.8 Å². The molecule has 0 unspecified atom stereocenters. The Morgan fingerprint density at radius 2 is 1.67 bits per heavy atom. The van der Waals surface area contributed by atoms with Crippen LogP contribution in [0.25, 0.3) is 0 Å². The molecule has 5 heteroatoms. The zero-order valence-corrected chi connectivity index (χ0v) is 12.9. The summed E-state index contributed by atoms with van der Waals surface area (Å²) in [4.78, 5) is 28.0. The number of hydrogen-bond donors (Lipinski definition) is 1. The van der Waals surface area contributed by atoms with Crippen LogP contribution in [0.1, 0.15) is 24.2 Å². The molecule has 1 aliphatic heterocycles. The van der Waals surface area contributed by atoms with E-state index in [0.29, 0.717) is 5.56 Å². The second kappa shape index (κ2) is 6.83. The first-order valence-electron chi connectivity index (χ1n) is 7.32. The minimum Gasteiger partial charge on any atom is -0.325 e. The lowest BCUT2D eigenvalue weighted by Gasteiger charge is -2.35. The van der Waals surface area contributed by atoms with E-state index in [2.05, 4.69) is 22.2 Å². The van der Waals surface area contributed by atoms with Gasteiger partial charge in [0.25, 0.3) is 0 Å². The highest BCUT2D eigenvalue weighted by atomic mass is 16.2. The van der Waals surface area contributed by atoms with E-state index < -0.39 is 0 Å². The van der Waals surface area contributed by atoms with Crippen molar-refractivity contribution >= 4 is 17.4 Å². The molecule has 1 aliphatic rings. The standard InChI is InChI=1S/C16H23N3O2/c1-12(19-10-8-18(3)9-11-19)16(21)17-15-6-4-14(5-7-15)13(2)20/h4-7,12H,8-11H2,1-3H3,(H,17,21)/t12-/m1/s1. The van der Waals surface area contributed by atoms with Gasteiger partial charge >= 0.3 is 0 Å². The molecule has 0 aromatic heterocycles. The van der Waals surface area contributed by atoms with Gasteiger partial charge in [-0.25, -0.2) is 0 Å². The number of anilines is 1. The van der Waals surface area contributed by atoms with Crippen LogP contribution < -0.4 is 5.32 Å². The van der Waals surface area contributed by atoms with Crippen LogP contribution >= 0.6 is 0 Å². The summed E-state index contributed by atoms with van der Waals surface area (Å²) in [6.07, 6.45) is 0. The van der Waals surface area contributed by atoms with Crippen LogP contribution in [0.15, 0.2) is 24.3 Å². The zero-order chi connectivity index (χ0) is 15.4. The summed E-state index contributed by atoms with van der Waals surface area (Å²) in [5.74, 6) is 0.0220. The summed E-state index contributed by atoms with van der Waals surface area (Å²) in [5, 5.41) is 2.91. The first-order chi connectivity index (χ1) is 9.97. The quantitative estimate of drug-likeness (QED) is 0.853. The maximum Gasteiger partial charge on any atom is 0.241 e. The Labute approximate surface area is 125 Å². The van der Waals surface area contributed by atoms with Crippen molar-refractivity contribution < 1.29 is 9.59 Å². The molecule has 2 rings (SSSR count). The monoisotopic (exact) mass is 289 g/mol. The van der Waals surface area contributed by atoms with Gasteiger partial charge in [-0.05, 0) is 45.2 Å². The van der Waals surface area contributed by atoms with Gasteiger partial charge in [0.1, 0.15) is 0 Å². The fraction of sp³-hybridized carbons (Fsp3) is 0.500. The minimum atomic E-state index is -0.147. The summed E-state index contributed by atoms with van der Waals surface area (Å²) in [7, 11) is 2.10. The number of carbonyl (C=O) groups is 2. The number of nitrogens with zero attached hydrogens (tertiary/aromatic N) is 2. The summed E-state index contributed by atoms with van der Waals surface area (Å²) >= 11 is 0. The average Bonchev–Trinajstić information content (AvgIpc) is 2.47. The van der Waals surface area contributed by atoms with Gasteiger partial charge in [0.2, 0.25) is 5.91 Å². The Morgan fingerprint density at radius 1 is 1.10 bits per heavy atom. The molecule has 5 nitrogen and oxygen atoms in total. The van der Waals surface area contributed by atoms with Gasteiger partial charge in [-0.2, -0.15) is 0 Å². The first-order valence-corrected chi connectivity index (χ1v) is 7.32. The highest BCUT2D eigenvalue weighted by molar-refractivity contribution is 5.96. The maximum absolute atomic E-state index is 12.3. The van der Waals surface area contributed by atoms with E-state index in [-0.39, 0.29) is 17.7 Å². The van der Waals surface area contributed by atoms with E-state index in [1.165, 1.54) is 6.92 Å². The van der Waals surface area contributed by atoms with E-state index in [1.54, 1.807) is 24.3 Å². The molecule has 1 N–H and O–H groups in total. The van der Waals surface area contributed by atoms with Crippen LogP contribution in [0.3, 0.4) is 0 Å². The molecule has 114 valence electrons. The molecule has 0 aliphatic carbocycles. The second-order valence-electron chi connectivity index (χ2n) is 5.64. The SMILES string of the molecule is CC(=O)c1ccc(NC(=O)[C@@H](C)N2CCN(C)CC2)cc1. The Balaban J connectivity index is 1.92. The van der Waals surface area contributed by atoms with E-state index in [0.717, 1.165) is 31.9 Å². The third-order valence-corrected chi connectivity index (χ3v) is 4.02. The van der Waals surface area contributed by atoms with Crippen LogP contribution in [0.2, 0.25) is 0 Å². The molecule has 1 atom stereocenters. The summed E-state index contributed by atoms with van der Waals surface area (Å²) in [6.45, 7) is 7.27. The molecule has 1 heterocycles. The molecule has 0 bridgehead atoms. The van der Waals surface area contributed by atoms with Crippen molar-refractivity contribution in [2.75, 3.05) is 38.5 Å². The van der Waals surface area contributed by atoms with Crippen LogP contribution in [0, 0.1) is 0 Å². The van der Waals surface area contributed by atoms with Crippen LogP contribution in [0.4, 0.5) is 5.69 Å². The number of carbonyl (C=O) groups excluding carboxylic acids is 2. The van der Waals surface area contributed by atoms with Crippen molar-refractivity contribution in [1.29, 1.82) is 0 Å². The molecule has 1 aromatic rings. The number of hydrogen-bond acceptors (Lipinski definition) is 4. The van der Waals surface area contributed by atoms with Crippen LogP contribution in [-0.4, -0.2) is 60.8 Å². The van der Waals surface area contributed by atoms with Gasteiger partial charge in [-0.3, -0.25) is 14.5 Å². The average molecular weight is 289 g/mol. The highest BCUT2D eigenvalue weighted by Crippen LogP contribution is 2.12. The Morgan fingerprint density at radius 3 is 2.19 bits per heavy atom. The smallest absolute Gasteiger partial charge is 0.241 e. The van der Waals surface area contributed by atoms with E-state index in [1.807, 2.05) is 6.92 Å². The third kappa shape index (κ3) is 4.12. The van der Waals surface area contributed by atoms with Crippen molar-refractivity contribution in [2.45, 2.75) is 19.9 Å². The topological polar surface area (TPSA) is 52.7 Å². The van der Waals surface area contributed by atoms with Gasteiger partial charge in [0.05, 0.1) is 6.04 Å². The Kier molecular flexibility index (Phi) is 5.09. The second-order valence-corrected chi connectivity index (χ2v) is 5.64. The molecule has 1 aromatic carbocycles. The highest BCUT2D eigenvalue weighted by Gasteiger charge is 2.24. The number of ketones is 1. The minimum absolute atomic E-state index is 0.00451. The Hall–Kier alpha value is -1.72. The summed E-state index contributed by atoms with van der Waals surface area (Å²) < 4.78 is 0. The third-order valence-electron chi connectivity index (χ3n) is 4.02. The van der Waals surface area contributed by atoms with Crippen molar-refractivity contribution in [2.24, 2.45) is 0 Å². The molecule has 0 saturated carbocycles. The number of rotatable bonds is 4. The van der Waals surface area contributed by atoms with Crippen molar-refractivity contribution in [1.82, 2.24) is 9.80 Å². The van der Waals surface area contributed by atoms with E-state index in [4.69, 9.17) is 0 Å². The van der Waals surface area contributed by atoms with Crippen LogP contribution in [0.5, 0.6) is 0 Å². The number of likely N-dealkylation sites (N-methyl/N-ethyl adjacent to an activating group) is 1. The molecule has 0 spiro atoms. The zero-order valence-electron chi connectivity index (χ0n) is 12.9. The summed E-state index contributed by atoms with van der Waals surface area (Å²) in [5.41, 5.74) is 1.38. The number of nitrogens with one attached hydrogen (secondary N) is 1. The van der Waals surface area contributed by atoms with Crippen molar-refractivity contribution in [3.63, 3.8) is 0 Å². The van der Waals surface area contributed by atoms with Gasteiger partial charge in [0, 0.05) is 37.4 Å². The number of Topliss-reactive ketones (excluding diaryl/α,β-unsaturated/α-hetero) is 1. The predicted molar refractivity (Wildman–Crippen MR) is 83.6 cm³/mol. The summed E-state index contributed by atoms with van der Waals surface area (Å²) in [6, 6.07) is 6.86. The lowest BCUT2D eigenvalue weighted by Crippen LogP contribution is -2.51. The van der Waals surface area contributed by atoms with Gasteiger partial charge < -0.3 is 10.2 Å². The van der Waals surface area contributed by atoms with Crippen molar-refractivity contribution in [3.8, 4) is 0 Å². The Bertz CT molecular complexity index is 505. The van der Waals surface area contributed by atoms with E-state index >= 15 is 0 Å². The molecule has 1 saturated heterocycles. The number of amides is 1. The number of piperazine rings is 1. The maximum atomic E-state index is 12.3. The lowest BCUT2D eigenvalue weighted by atomic mass is 10.1. The molecular weight excluding hydrogens is 266 g/mol. The number of benzene rings is 1. The predicted octanol–water partition coefficient (Wildman–Crippen LogP) is 1.46. The fourth-order valence-electron chi connectivity index (χ4n) is 2.41. The molecular formula is C16H23N3O2. The van der Waals surface area contributed by atoms with Gasteiger partial charge in [-0.15, -0.1) is 0 Å². The largest absolute Gasteiger partial charge is 0.325 e. The fourth-order valence-corrected chi connectivity index (χ4v) is 2.41. The molecule has 21 heavy (non-hydrogen) atoms. The molecule has 1 amide bonds. The first kappa shape index (κ1) is 15.7. The van der Waals surface area contributed by atoms with Crippen LogP contribution in [-0.2, 0) is 4.79 Å². The normalized spacial score (nSPS) is 18.2. The van der Waals surface area contributed by atoms with E-state index in [9.17, 15) is 9.59 Å². The van der Waals surface area contributed by atoms with Gasteiger partial charge in [0.15, 0.2) is 5.78 Å². The molecule has 1 fully saturated rings.